The first kappa shape index (κ1) is 15.9. The van der Waals surface area contributed by atoms with E-state index in [2.05, 4.69) is 26.1 Å². The summed E-state index contributed by atoms with van der Waals surface area (Å²) in [7, 11) is 0. The molecule has 1 saturated carbocycles. The lowest BCUT2D eigenvalue weighted by Gasteiger charge is -2.39. The number of rotatable bonds is 4. The Morgan fingerprint density at radius 1 is 1.33 bits per heavy atom. The average Bonchev–Trinajstić information content (AvgIpc) is 2.37. The van der Waals surface area contributed by atoms with Crippen LogP contribution in [0.2, 0.25) is 0 Å². The van der Waals surface area contributed by atoms with Crippen molar-refractivity contribution in [1.29, 1.82) is 0 Å². The van der Waals surface area contributed by atoms with Gasteiger partial charge in [-0.2, -0.15) is 0 Å². The number of carbonyl (C=O) groups excluding carboxylic acids is 1. The molecule has 2 rings (SSSR count). The summed E-state index contributed by atoms with van der Waals surface area (Å²) in [6.45, 7) is 9.20. The zero-order chi connectivity index (χ0) is 15.5. The Morgan fingerprint density at radius 3 is 2.71 bits per heavy atom. The van der Waals surface area contributed by atoms with Crippen LogP contribution in [0.25, 0.3) is 0 Å². The summed E-state index contributed by atoms with van der Waals surface area (Å²) < 4.78 is 5.14. The van der Waals surface area contributed by atoms with Gasteiger partial charge >= 0.3 is 5.97 Å². The van der Waals surface area contributed by atoms with Gasteiger partial charge in [0, 0.05) is 11.7 Å². The molecule has 3 nitrogen and oxygen atoms in total. The Labute approximate surface area is 128 Å². The largest absolute Gasteiger partial charge is 0.462 e. The van der Waals surface area contributed by atoms with Crippen molar-refractivity contribution in [2.45, 2.75) is 53.0 Å². The van der Waals surface area contributed by atoms with Gasteiger partial charge in [-0.15, -0.1) is 0 Å². The van der Waals surface area contributed by atoms with Gasteiger partial charge in [-0.3, -0.25) is 0 Å². The molecule has 1 N–H and O–H groups in total. The maximum absolute atomic E-state index is 12.0. The molecule has 2 unspecified atom stereocenters. The summed E-state index contributed by atoms with van der Waals surface area (Å²) in [5.74, 6) is 0.463. The van der Waals surface area contributed by atoms with Crippen molar-refractivity contribution in [3.8, 4) is 0 Å². The summed E-state index contributed by atoms with van der Waals surface area (Å²) in [4.78, 5) is 12.0. The Kier molecular flexibility index (Phi) is 4.92. The molecule has 0 spiro atoms. The number of ether oxygens (including phenoxy) is 1. The monoisotopic (exact) mass is 289 g/mol. The average molecular weight is 289 g/mol. The lowest BCUT2D eigenvalue weighted by atomic mass is 9.70. The zero-order valence-electron chi connectivity index (χ0n) is 13.6. The van der Waals surface area contributed by atoms with Crippen molar-refractivity contribution in [2.24, 2.45) is 11.3 Å². The number of nitrogens with one attached hydrogen (secondary N) is 1. The van der Waals surface area contributed by atoms with E-state index in [1.165, 1.54) is 6.42 Å². The Bertz CT molecular complexity index is 496. The highest BCUT2D eigenvalue weighted by Crippen LogP contribution is 2.39. The van der Waals surface area contributed by atoms with Crippen molar-refractivity contribution in [1.82, 2.24) is 0 Å². The fourth-order valence-corrected chi connectivity index (χ4v) is 3.67. The van der Waals surface area contributed by atoms with Gasteiger partial charge in [0.25, 0.3) is 0 Å². The third kappa shape index (κ3) is 4.23. The first-order valence-corrected chi connectivity index (χ1v) is 7.94. The fraction of sp³-hybridized carbons (Fsp3) is 0.611. The number of carbonyl (C=O) groups is 1. The minimum Gasteiger partial charge on any atom is -0.462 e. The number of para-hydroxylation sites is 1. The minimum absolute atomic E-state index is 0.247. The van der Waals surface area contributed by atoms with Crippen LogP contribution in [0.4, 0.5) is 5.69 Å². The molecule has 1 aromatic rings. The summed E-state index contributed by atoms with van der Waals surface area (Å²) in [6.07, 6.45) is 3.56. The predicted octanol–water partition coefficient (Wildman–Crippen LogP) is 4.49. The van der Waals surface area contributed by atoms with E-state index in [-0.39, 0.29) is 5.97 Å². The number of hydrogen-bond acceptors (Lipinski definition) is 3. The van der Waals surface area contributed by atoms with Crippen LogP contribution in [0.5, 0.6) is 0 Å². The van der Waals surface area contributed by atoms with Crippen LogP contribution in [0.3, 0.4) is 0 Å². The predicted molar refractivity (Wildman–Crippen MR) is 86.6 cm³/mol. The molecule has 21 heavy (non-hydrogen) atoms. The highest BCUT2D eigenvalue weighted by Gasteiger charge is 2.32. The summed E-state index contributed by atoms with van der Waals surface area (Å²) >= 11 is 0. The van der Waals surface area contributed by atoms with E-state index >= 15 is 0 Å². The summed E-state index contributed by atoms with van der Waals surface area (Å²) in [6, 6.07) is 8.06. The molecule has 1 aliphatic carbocycles. The molecule has 0 saturated heterocycles. The van der Waals surface area contributed by atoms with Gasteiger partial charge in [0.15, 0.2) is 0 Å². The van der Waals surface area contributed by atoms with Crippen LogP contribution in [0.1, 0.15) is 57.3 Å². The molecule has 1 aliphatic rings. The molecule has 3 heteroatoms. The van der Waals surface area contributed by atoms with Crippen molar-refractivity contribution >= 4 is 11.7 Å². The standard InChI is InChI=1S/C18H27NO2/c1-5-21-17(20)15-8-6-7-9-16(15)19-14-10-13(2)11-18(3,4)12-14/h6-9,13-14,19H,5,10-12H2,1-4H3. The molecule has 1 fully saturated rings. The Hall–Kier alpha value is -1.51. The first-order chi connectivity index (χ1) is 9.91. The number of hydrogen-bond donors (Lipinski definition) is 1. The SMILES string of the molecule is CCOC(=O)c1ccccc1NC1CC(C)CC(C)(C)C1. The quantitative estimate of drug-likeness (QED) is 0.830. The molecule has 2 atom stereocenters. The Balaban J connectivity index is 2.14. The van der Waals surface area contributed by atoms with Gasteiger partial charge in [-0.05, 0) is 49.7 Å². The van der Waals surface area contributed by atoms with Crippen LogP contribution in [-0.2, 0) is 4.74 Å². The maximum Gasteiger partial charge on any atom is 0.340 e. The molecule has 0 amide bonds. The second-order valence-corrected chi connectivity index (χ2v) is 7.02. The lowest BCUT2D eigenvalue weighted by molar-refractivity contribution is 0.0527. The van der Waals surface area contributed by atoms with Crippen molar-refractivity contribution in [3.63, 3.8) is 0 Å². The van der Waals surface area contributed by atoms with Gasteiger partial charge in [0.2, 0.25) is 0 Å². The van der Waals surface area contributed by atoms with E-state index in [0.29, 0.717) is 29.5 Å². The molecular weight excluding hydrogens is 262 g/mol. The van der Waals surface area contributed by atoms with E-state index in [4.69, 9.17) is 4.74 Å². The van der Waals surface area contributed by atoms with E-state index < -0.39 is 0 Å². The van der Waals surface area contributed by atoms with Crippen LogP contribution in [0, 0.1) is 11.3 Å². The van der Waals surface area contributed by atoms with Crippen LogP contribution in [-0.4, -0.2) is 18.6 Å². The van der Waals surface area contributed by atoms with Gasteiger partial charge in [-0.1, -0.05) is 32.9 Å². The van der Waals surface area contributed by atoms with Crippen molar-refractivity contribution in [3.05, 3.63) is 29.8 Å². The van der Waals surface area contributed by atoms with Gasteiger partial charge in [0.05, 0.1) is 12.2 Å². The third-order valence-corrected chi connectivity index (χ3v) is 4.17. The zero-order valence-corrected chi connectivity index (χ0v) is 13.6. The molecule has 0 aromatic heterocycles. The topological polar surface area (TPSA) is 38.3 Å². The molecular formula is C18H27NO2. The number of benzene rings is 1. The highest BCUT2D eigenvalue weighted by atomic mass is 16.5. The smallest absolute Gasteiger partial charge is 0.340 e. The van der Waals surface area contributed by atoms with E-state index in [1.807, 2.05) is 31.2 Å². The van der Waals surface area contributed by atoms with E-state index in [0.717, 1.165) is 18.5 Å². The molecule has 1 aromatic carbocycles. The van der Waals surface area contributed by atoms with Crippen LogP contribution in [0.15, 0.2) is 24.3 Å². The molecule has 0 radical (unpaired) electrons. The summed E-state index contributed by atoms with van der Waals surface area (Å²) in [5, 5.41) is 3.57. The van der Waals surface area contributed by atoms with Crippen molar-refractivity contribution < 1.29 is 9.53 Å². The van der Waals surface area contributed by atoms with E-state index in [9.17, 15) is 4.79 Å². The minimum atomic E-state index is -0.247. The maximum atomic E-state index is 12.0. The van der Waals surface area contributed by atoms with Gasteiger partial charge in [0.1, 0.15) is 0 Å². The van der Waals surface area contributed by atoms with Crippen LogP contribution >= 0.6 is 0 Å². The fourth-order valence-electron chi connectivity index (χ4n) is 3.67. The number of esters is 1. The van der Waals surface area contributed by atoms with E-state index in [1.54, 1.807) is 0 Å². The highest BCUT2D eigenvalue weighted by molar-refractivity contribution is 5.95. The second-order valence-electron chi connectivity index (χ2n) is 7.02. The lowest BCUT2D eigenvalue weighted by Crippen LogP contribution is -2.35. The van der Waals surface area contributed by atoms with Gasteiger partial charge in [-0.25, -0.2) is 4.79 Å². The summed E-state index contributed by atoms with van der Waals surface area (Å²) in [5.41, 5.74) is 1.88. The third-order valence-electron chi connectivity index (χ3n) is 4.17. The number of anilines is 1. The normalized spacial score (nSPS) is 24.4. The first-order valence-electron chi connectivity index (χ1n) is 7.94. The Morgan fingerprint density at radius 2 is 2.05 bits per heavy atom. The molecule has 116 valence electrons. The molecule has 0 heterocycles. The second kappa shape index (κ2) is 6.50. The molecule has 0 aliphatic heterocycles. The van der Waals surface area contributed by atoms with Crippen LogP contribution < -0.4 is 5.32 Å². The van der Waals surface area contributed by atoms with Crippen molar-refractivity contribution in [2.75, 3.05) is 11.9 Å². The molecule has 0 bridgehead atoms. The van der Waals surface area contributed by atoms with Gasteiger partial charge < -0.3 is 10.1 Å².